The molecule has 1 amide bonds. The average molecular weight is 400 g/mol. The number of carbonyl (C=O) groups is 1. The first-order valence-corrected chi connectivity index (χ1v) is 8.78. The number of imidazole rings is 1. The molecule has 0 aliphatic rings. The average Bonchev–Trinajstić information content (AvgIpc) is 3.40. The molecule has 1 aromatic carbocycles. The summed E-state index contributed by atoms with van der Waals surface area (Å²) < 4.78 is 10.7. The first-order valence-electron chi connectivity index (χ1n) is 8.40. The van der Waals surface area contributed by atoms with E-state index in [1.54, 1.807) is 33.7 Å². The number of hydrogen-bond acceptors (Lipinski definition) is 5. The Morgan fingerprint density at radius 1 is 1.29 bits per heavy atom. The predicted molar refractivity (Wildman–Crippen MR) is 105 cm³/mol. The fourth-order valence-corrected chi connectivity index (χ4v) is 3.43. The van der Waals surface area contributed by atoms with Crippen LogP contribution in [0.2, 0.25) is 5.02 Å². The topological polar surface area (TPSA) is 83.0 Å². The van der Waals surface area contributed by atoms with Crippen molar-refractivity contribution in [2.75, 3.05) is 21.2 Å². The van der Waals surface area contributed by atoms with E-state index in [9.17, 15) is 4.79 Å². The van der Waals surface area contributed by atoms with Crippen LogP contribution in [0, 0.1) is 0 Å². The van der Waals surface area contributed by atoms with Gasteiger partial charge in [0.15, 0.2) is 5.82 Å². The van der Waals surface area contributed by atoms with E-state index in [4.69, 9.17) is 16.3 Å². The molecule has 0 atom stereocenters. The zero-order valence-corrected chi connectivity index (χ0v) is 16.5. The Bertz CT molecular complexity index is 1170. The summed E-state index contributed by atoms with van der Waals surface area (Å²) in [5.74, 6) is 1.15. The Kier molecular flexibility index (Phi) is 4.31. The summed E-state index contributed by atoms with van der Waals surface area (Å²) in [5, 5.41) is 5.68. The third-order valence-corrected chi connectivity index (χ3v) is 4.82. The van der Waals surface area contributed by atoms with Gasteiger partial charge in [-0.05, 0) is 12.1 Å². The second kappa shape index (κ2) is 6.68. The van der Waals surface area contributed by atoms with Crippen LogP contribution in [0.3, 0.4) is 0 Å². The van der Waals surface area contributed by atoms with Gasteiger partial charge in [0.1, 0.15) is 12.1 Å². The lowest BCUT2D eigenvalue weighted by molar-refractivity contribution is 0.0812. The van der Waals surface area contributed by atoms with Crippen molar-refractivity contribution in [3.8, 4) is 17.3 Å². The Hall–Kier alpha value is -3.33. The van der Waals surface area contributed by atoms with E-state index in [0.717, 1.165) is 16.6 Å². The first kappa shape index (κ1) is 18.1. The Morgan fingerprint density at radius 3 is 2.71 bits per heavy atom. The van der Waals surface area contributed by atoms with E-state index >= 15 is 0 Å². The molecule has 3 heterocycles. The standard InChI is InChI=1S/C18H18ClN7O2/c1-23(2)18(27)16-21-9-22-26(16)17-15(25-6-5-20-10-25)11-7-14(28-4)12(19)8-13(11)24(17)3/h5-10H,1-4H3. The number of aromatic nitrogens is 6. The van der Waals surface area contributed by atoms with E-state index in [2.05, 4.69) is 15.1 Å². The molecule has 0 saturated heterocycles. The number of hydrogen-bond donors (Lipinski definition) is 0. The van der Waals surface area contributed by atoms with Gasteiger partial charge in [0.05, 0.1) is 29.7 Å². The van der Waals surface area contributed by atoms with Gasteiger partial charge in [-0.3, -0.25) is 4.79 Å². The van der Waals surface area contributed by atoms with Gasteiger partial charge < -0.3 is 18.8 Å². The molecule has 0 aliphatic heterocycles. The number of carbonyl (C=O) groups excluding carboxylic acids is 1. The predicted octanol–water partition coefficient (Wildman–Crippen LogP) is 2.31. The molecular formula is C18H18ClN7O2. The smallest absolute Gasteiger partial charge is 0.291 e. The minimum Gasteiger partial charge on any atom is -0.495 e. The van der Waals surface area contributed by atoms with Gasteiger partial charge in [-0.15, -0.1) is 0 Å². The van der Waals surface area contributed by atoms with Crippen LogP contribution in [0.4, 0.5) is 0 Å². The molecule has 9 nitrogen and oxygen atoms in total. The number of aryl methyl sites for hydroxylation is 1. The molecule has 0 fully saturated rings. The third kappa shape index (κ3) is 2.63. The zero-order chi connectivity index (χ0) is 20.0. The van der Waals surface area contributed by atoms with Crippen molar-refractivity contribution in [2.45, 2.75) is 0 Å². The van der Waals surface area contributed by atoms with Crippen LogP contribution in [0.5, 0.6) is 5.75 Å². The summed E-state index contributed by atoms with van der Waals surface area (Å²) in [6.45, 7) is 0. The van der Waals surface area contributed by atoms with Gasteiger partial charge in [-0.25, -0.2) is 9.97 Å². The van der Waals surface area contributed by atoms with Crippen molar-refractivity contribution in [2.24, 2.45) is 7.05 Å². The highest BCUT2D eigenvalue weighted by Crippen LogP contribution is 2.37. The largest absolute Gasteiger partial charge is 0.495 e. The van der Waals surface area contributed by atoms with E-state index < -0.39 is 0 Å². The number of benzene rings is 1. The molecule has 3 aromatic heterocycles. The van der Waals surface area contributed by atoms with E-state index in [1.807, 2.05) is 34.5 Å². The molecular weight excluding hydrogens is 382 g/mol. The van der Waals surface area contributed by atoms with Crippen molar-refractivity contribution >= 4 is 28.4 Å². The first-order chi connectivity index (χ1) is 13.4. The summed E-state index contributed by atoms with van der Waals surface area (Å²) in [6, 6.07) is 3.69. The van der Waals surface area contributed by atoms with Crippen molar-refractivity contribution in [3.63, 3.8) is 0 Å². The van der Waals surface area contributed by atoms with E-state index in [0.29, 0.717) is 16.6 Å². The Balaban J connectivity index is 2.10. The van der Waals surface area contributed by atoms with Crippen molar-refractivity contribution < 1.29 is 9.53 Å². The van der Waals surface area contributed by atoms with Crippen molar-refractivity contribution in [3.05, 3.63) is 48.0 Å². The van der Waals surface area contributed by atoms with Crippen LogP contribution in [0.15, 0.2) is 37.2 Å². The minimum atomic E-state index is -0.255. The number of rotatable bonds is 4. The van der Waals surface area contributed by atoms with Gasteiger partial charge in [0.25, 0.3) is 5.91 Å². The van der Waals surface area contributed by atoms with Crippen molar-refractivity contribution in [1.82, 2.24) is 33.8 Å². The number of methoxy groups -OCH3 is 1. The van der Waals surface area contributed by atoms with E-state index in [-0.39, 0.29) is 11.7 Å². The second-order valence-corrected chi connectivity index (χ2v) is 6.81. The summed E-state index contributed by atoms with van der Waals surface area (Å²) >= 11 is 6.36. The van der Waals surface area contributed by atoms with Crippen LogP contribution < -0.4 is 4.74 Å². The summed E-state index contributed by atoms with van der Waals surface area (Å²) in [7, 11) is 6.79. The number of fused-ring (bicyclic) bond motifs is 1. The summed E-state index contributed by atoms with van der Waals surface area (Å²) in [6.07, 6.45) is 6.55. The highest BCUT2D eigenvalue weighted by atomic mass is 35.5. The van der Waals surface area contributed by atoms with E-state index in [1.165, 1.54) is 15.9 Å². The zero-order valence-electron chi connectivity index (χ0n) is 15.8. The highest BCUT2D eigenvalue weighted by Gasteiger charge is 2.25. The minimum absolute atomic E-state index is 0.204. The lowest BCUT2D eigenvalue weighted by Crippen LogP contribution is -2.26. The normalized spacial score (nSPS) is 11.2. The molecule has 144 valence electrons. The monoisotopic (exact) mass is 399 g/mol. The Labute approximate surface area is 165 Å². The third-order valence-electron chi connectivity index (χ3n) is 4.52. The second-order valence-electron chi connectivity index (χ2n) is 6.40. The summed E-state index contributed by atoms with van der Waals surface area (Å²) in [4.78, 5) is 22.4. The maximum absolute atomic E-state index is 12.6. The van der Waals surface area contributed by atoms with Crippen LogP contribution in [-0.4, -0.2) is 60.9 Å². The van der Waals surface area contributed by atoms with Gasteiger partial charge >= 0.3 is 0 Å². The number of nitrogens with zero attached hydrogens (tertiary/aromatic N) is 7. The molecule has 0 N–H and O–H groups in total. The molecule has 4 rings (SSSR count). The highest BCUT2D eigenvalue weighted by molar-refractivity contribution is 6.33. The van der Waals surface area contributed by atoms with Crippen LogP contribution in [0.1, 0.15) is 10.6 Å². The quantitative estimate of drug-likeness (QED) is 0.526. The molecule has 0 radical (unpaired) electrons. The van der Waals surface area contributed by atoms with Gasteiger partial charge in [-0.2, -0.15) is 9.78 Å². The fraction of sp³-hybridized carbons (Fsp3) is 0.222. The lowest BCUT2D eigenvalue weighted by atomic mass is 10.2. The van der Waals surface area contributed by atoms with Crippen LogP contribution >= 0.6 is 11.6 Å². The molecule has 0 spiro atoms. The van der Waals surface area contributed by atoms with Crippen molar-refractivity contribution in [1.29, 1.82) is 0 Å². The van der Waals surface area contributed by atoms with Gasteiger partial charge in [0.2, 0.25) is 5.82 Å². The molecule has 4 aromatic rings. The SMILES string of the molecule is COc1cc2c(-n3ccnc3)c(-n3ncnc3C(=O)N(C)C)n(C)c2cc1Cl. The molecule has 10 heteroatoms. The number of halogens is 1. The van der Waals surface area contributed by atoms with Gasteiger partial charge in [-0.1, -0.05) is 11.6 Å². The summed E-state index contributed by atoms with van der Waals surface area (Å²) in [5.41, 5.74) is 1.63. The molecule has 0 bridgehead atoms. The Morgan fingerprint density at radius 2 is 2.07 bits per heavy atom. The van der Waals surface area contributed by atoms with Gasteiger partial charge in [0, 0.05) is 38.9 Å². The number of amides is 1. The molecule has 0 unspecified atom stereocenters. The lowest BCUT2D eigenvalue weighted by Gasteiger charge is -2.13. The number of ether oxygens (including phenoxy) is 1. The fourth-order valence-electron chi connectivity index (χ4n) is 3.19. The van der Waals surface area contributed by atoms with Crippen LogP contribution in [0.25, 0.3) is 22.4 Å². The molecule has 28 heavy (non-hydrogen) atoms. The molecule has 0 aliphatic carbocycles. The molecule has 0 saturated carbocycles. The maximum Gasteiger partial charge on any atom is 0.291 e. The van der Waals surface area contributed by atoms with Crippen LogP contribution in [-0.2, 0) is 7.05 Å². The maximum atomic E-state index is 12.6.